The van der Waals surface area contributed by atoms with Crippen molar-refractivity contribution in [3.05, 3.63) is 29.8 Å². The van der Waals surface area contributed by atoms with Gasteiger partial charge in [-0.3, -0.25) is 0 Å². The fourth-order valence-electron chi connectivity index (χ4n) is 1.90. The zero-order valence-corrected chi connectivity index (χ0v) is 13.0. The normalized spacial score (nSPS) is 12.9. The number of thioether (sulfide) groups is 1. The van der Waals surface area contributed by atoms with Crippen LogP contribution in [0.25, 0.3) is 0 Å². The van der Waals surface area contributed by atoms with E-state index in [1.54, 1.807) is 0 Å². The average Bonchev–Trinajstić information content (AvgIpc) is 2.34. The standard InChI is InChI=1S/C16H27NS/c1-5-17-15(9-6-13(2)3)12-18-16-10-7-14(4)8-11-16/h7-8,10-11,13,15,17H,5-6,9,12H2,1-4H3. The third-order valence-corrected chi connectivity index (χ3v) is 4.23. The van der Waals surface area contributed by atoms with Crippen LogP contribution in [0, 0.1) is 12.8 Å². The van der Waals surface area contributed by atoms with Gasteiger partial charge in [-0.05, 0) is 44.4 Å². The Kier molecular flexibility index (Phi) is 7.45. The molecule has 0 saturated heterocycles. The molecule has 1 nitrogen and oxygen atoms in total. The van der Waals surface area contributed by atoms with E-state index in [-0.39, 0.29) is 0 Å². The first-order valence-electron chi connectivity index (χ1n) is 7.04. The lowest BCUT2D eigenvalue weighted by molar-refractivity contribution is 0.464. The van der Waals surface area contributed by atoms with Crippen molar-refractivity contribution in [2.75, 3.05) is 12.3 Å². The molecule has 1 atom stereocenters. The summed E-state index contributed by atoms with van der Waals surface area (Å²) in [7, 11) is 0. The molecule has 0 amide bonds. The van der Waals surface area contributed by atoms with Crippen LogP contribution in [-0.2, 0) is 0 Å². The molecule has 2 heteroatoms. The Morgan fingerprint density at radius 2 is 1.78 bits per heavy atom. The molecule has 0 heterocycles. The summed E-state index contributed by atoms with van der Waals surface area (Å²) in [6, 6.07) is 9.48. The summed E-state index contributed by atoms with van der Waals surface area (Å²) in [5.74, 6) is 1.97. The van der Waals surface area contributed by atoms with Gasteiger partial charge in [0.25, 0.3) is 0 Å². The zero-order chi connectivity index (χ0) is 13.4. The van der Waals surface area contributed by atoms with E-state index in [1.165, 1.54) is 29.1 Å². The number of nitrogens with one attached hydrogen (secondary N) is 1. The molecule has 0 saturated carbocycles. The van der Waals surface area contributed by atoms with E-state index in [9.17, 15) is 0 Å². The van der Waals surface area contributed by atoms with Gasteiger partial charge in [-0.15, -0.1) is 11.8 Å². The lowest BCUT2D eigenvalue weighted by Gasteiger charge is -2.18. The second-order valence-electron chi connectivity index (χ2n) is 5.35. The van der Waals surface area contributed by atoms with Gasteiger partial charge in [0, 0.05) is 16.7 Å². The summed E-state index contributed by atoms with van der Waals surface area (Å²) in [4.78, 5) is 1.38. The molecular formula is C16H27NS. The Morgan fingerprint density at radius 3 is 2.33 bits per heavy atom. The molecule has 0 spiro atoms. The monoisotopic (exact) mass is 265 g/mol. The maximum absolute atomic E-state index is 3.60. The number of hydrogen-bond donors (Lipinski definition) is 1. The maximum Gasteiger partial charge on any atom is 0.0161 e. The maximum atomic E-state index is 3.60. The Hall–Kier alpha value is -0.470. The molecule has 1 aromatic carbocycles. The minimum Gasteiger partial charge on any atom is -0.313 e. The van der Waals surface area contributed by atoms with Crippen LogP contribution in [0.15, 0.2) is 29.2 Å². The highest BCUT2D eigenvalue weighted by Gasteiger charge is 2.08. The molecule has 1 aromatic rings. The number of aryl methyl sites for hydroxylation is 1. The van der Waals surface area contributed by atoms with Crippen molar-refractivity contribution in [3.8, 4) is 0 Å². The molecule has 0 aromatic heterocycles. The summed E-state index contributed by atoms with van der Waals surface area (Å²) >= 11 is 1.97. The van der Waals surface area contributed by atoms with Gasteiger partial charge in [-0.25, -0.2) is 0 Å². The molecule has 0 radical (unpaired) electrons. The van der Waals surface area contributed by atoms with E-state index in [0.717, 1.165) is 12.5 Å². The van der Waals surface area contributed by atoms with Gasteiger partial charge in [0.15, 0.2) is 0 Å². The third-order valence-electron chi connectivity index (χ3n) is 3.06. The van der Waals surface area contributed by atoms with Gasteiger partial charge in [0.1, 0.15) is 0 Å². The van der Waals surface area contributed by atoms with Crippen LogP contribution >= 0.6 is 11.8 Å². The smallest absolute Gasteiger partial charge is 0.0161 e. The van der Waals surface area contributed by atoms with Crippen LogP contribution in [0.3, 0.4) is 0 Å². The van der Waals surface area contributed by atoms with Gasteiger partial charge in [0.2, 0.25) is 0 Å². The van der Waals surface area contributed by atoms with E-state index in [0.29, 0.717) is 6.04 Å². The molecule has 1 unspecified atom stereocenters. The predicted molar refractivity (Wildman–Crippen MR) is 83.4 cm³/mol. The molecule has 0 aliphatic rings. The first kappa shape index (κ1) is 15.6. The fourth-order valence-corrected chi connectivity index (χ4v) is 2.91. The molecule has 0 aliphatic heterocycles. The van der Waals surface area contributed by atoms with Crippen LogP contribution in [0.2, 0.25) is 0 Å². The number of rotatable bonds is 8. The average molecular weight is 265 g/mol. The summed E-state index contributed by atoms with van der Waals surface area (Å²) < 4.78 is 0. The quantitative estimate of drug-likeness (QED) is 0.694. The van der Waals surface area contributed by atoms with Crippen LogP contribution in [0.5, 0.6) is 0 Å². The lowest BCUT2D eigenvalue weighted by Crippen LogP contribution is -2.31. The molecule has 102 valence electrons. The lowest BCUT2D eigenvalue weighted by atomic mass is 10.0. The number of hydrogen-bond acceptors (Lipinski definition) is 2. The van der Waals surface area contributed by atoms with E-state index < -0.39 is 0 Å². The first-order chi connectivity index (χ1) is 8.61. The zero-order valence-electron chi connectivity index (χ0n) is 12.2. The molecule has 1 rings (SSSR count). The highest BCUT2D eigenvalue weighted by atomic mass is 32.2. The van der Waals surface area contributed by atoms with E-state index in [1.807, 2.05) is 11.8 Å². The molecule has 1 N–H and O–H groups in total. The van der Waals surface area contributed by atoms with Crippen molar-refractivity contribution >= 4 is 11.8 Å². The minimum atomic E-state index is 0.642. The van der Waals surface area contributed by atoms with Gasteiger partial charge >= 0.3 is 0 Å². The Bertz CT molecular complexity index is 318. The van der Waals surface area contributed by atoms with E-state index in [2.05, 4.69) is 57.3 Å². The summed E-state index contributed by atoms with van der Waals surface area (Å²) in [6.07, 6.45) is 2.59. The third kappa shape index (κ3) is 6.46. The van der Waals surface area contributed by atoms with Gasteiger partial charge in [0.05, 0.1) is 0 Å². The Balaban J connectivity index is 2.38. The van der Waals surface area contributed by atoms with Gasteiger partial charge < -0.3 is 5.32 Å². The Labute approximate surface area is 117 Å². The van der Waals surface area contributed by atoms with Gasteiger partial charge in [-0.1, -0.05) is 38.5 Å². The SMILES string of the molecule is CCNC(CCC(C)C)CSc1ccc(C)cc1. The summed E-state index contributed by atoms with van der Waals surface area (Å²) in [5, 5.41) is 3.60. The molecule has 0 fully saturated rings. The van der Waals surface area contributed by atoms with Crippen molar-refractivity contribution in [2.45, 2.75) is 51.5 Å². The molecule has 0 aliphatic carbocycles. The highest BCUT2D eigenvalue weighted by Crippen LogP contribution is 2.21. The highest BCUT2D eigenvalue weighted by molar-refractivity contribution is 7.99. The van der Waals surface area contributed by atoms with Crippen LogP contribution in [0.4, 0.5) is 0 Å². The molecule has 18 heavy (non-hydrogen) atoms. The topological polar surface area (TPSA) is 12.0 Å². The minimum absolute atomic E-state index is 0.642. The Morgan fingerprint density at radius 1 is 1.11 bits per heavy atom. The fraction of sp³-hybridized carbons (Fsp3) is 0.625. The van der Waals surface area contributed by atoms with E-state index >= 15 is 0 Å². The summed E-state index contributed by atoms with van der Waals surface area (Å²) in [6.45, 7) is 10.0. The van der Waals surface area contributed by atoms with Crippen molar-refractivity contribution in [3.63, 3.8) is 0 Å². The van der Waals surface area contributed by atoms with Crippen LogP contribution in [0.1, 0.15) is 39.2 Å². The van der Waals surface area contributed by atoms with Crippen molar-refractivity contribution in [1.29, 1.82) is 0 Å². The number of benzene rings is 1. The summed E-state index contributed by atoms with van der Waals surface area (Å²) in [5.41, 5.74) is 1.34. The van der Waals surface area contributed by atoms with Crippen molar-refractivity contribution in [1.82, 2.24) is 5.32 Å². The van der Waals surface area contributed by atoms with Crippen LogP contribution in [-0.4, -0.2) is 18.3 Å². The van der Waals surface area contributed by atoms with Gasteiger partial charge in [-0.2, -0.15) is 0 Å². The molecular weight excluding hydrogens is 238 g/mol. The predicted octanol–water partition coefficient (Wildman–Crippen LogP) is 4.50. The van der Waals surface area contributed by atoms with Crippen LogP contribution < -0.4 is 5.32 Å². The van der Waals surface area contributed by atoms with Crippen molar-refractivity contribution in [2.24, 2.45) is 5.92 Å². The second-order valence-corrected chi connectivity index (χ2v) is 6.44. The first-order valence-corrected chi connectivity index (χ1v) is 8.03. The largest absolute Gasteiger partial charge is 0.313 e. The van der Waals surface area contributed by atoms with E-state index in [4.69, 9.17) is 0 Å². The van der Waals surface area contributed by atoms with Crippen molar-refractivity contribution < 1.29 is 0 Å². The molecule has 0 bridgehead atoms. The second kappa shape index (κ2) is 8.60.